The Kier molecular flexibility index (Phi) is 3.27. The molecule has 5 heteroatoms. The van der Waals surface area contributed by atoms with E-state index in [0.717, 1.165) is 5.56 Å². The van der Waals surface area contributed by atoms with Crippen molar-refractivity contribution in [3.63, 3.8) is 0 Å². The molecule has 0 saturated carbocycles. The Morgan fingerprint density at radius 1 is 1.41 bits per heavy atom. The minimum Gasteiger partial charge on any atom is -0.508 e. The zero-order valence-electron chi connectivity index (χ0n) is 9.27. The third-order valence-corrected chi connectivity index (χ3v) is 2.75. The van der Waals surface area contributed by atoms with Crippen molar-refractivity contribution in [3.05, 3.63) is 29.8 Å². The van der Waals surface area contributed by atoms with E-state index in [9.17, 15) is 9.59 Å². The second kappa shape index (κ2) is 4.86. The van der Waals surface area contributed by atoms with Crippen LogP contribution in [0.5, 0.6) is 5.75 Å². The first-order valence-electron chi connectivity index (χ1n) is 5.47. The molecule has 90 valence electrons. The largest absolute Gasteiger partial charge is 0.508 e. The molecule has 5 nitrogen and oxygen atoms in total. The molecule has 2 rings (SSSR count). The summed E-state index contributed by atoms with van der Waals surface area (Å²) < 4.78 is 0. The van der Waals surface area contributed by atoms with Gasteiger partial charge in [0.15, 0.2) is 0 Å². The number of phenols is 1. The fourth-order valence-corrected chi connectivity index (χ4v) is 1.74. The molecule has 1 fully saturated rings. The van der Waals surface area contributed by atoms with E-state index < -0.39 is 0 Å². The van der Waals surface area contributed by atoms with Gasteiger partial charge in [0.25, 0.3) is 0 Å². The van der Waals surface area contributed by atoms with E-state index in [4.69, 9.17) is 5.11 Å². The quantitative estimate of drug-likeness (QED) is 0.696. The standard InChI is InChI=1S/C12H14N2O3/c15-10-3-1-8(2-4-10)6-14-12(17)9-5-11(16)13-7-9/h1-4,9,15H,5-7H2,(H,13,16)(H,14,17). The number of hydrogen-bond donors (Lipinski definition) is 3. The van der Waals surface area contributed by atoms with Crippen LogP contribution in [0, 0.1) is 5.92 Å². The number of amides is 2. The van der Waals surface area contributed by atoms with E-state index in [1.54, 1.807) is 24.3 Å². The minimum absolute atomic E-state index is 0.0743. The fraction of sp³-hybridized carbons (Fsp3) is 0.333. The Morgan fingerprint density at radius 2 is 2.12 bits per heavy atom. The first-order chi connectivity index (χ1) is 8.15. The van der Waals surface area contributed by atoms with E-state index in [-0.39, 0.29) is 29.9 Å². The predicted octanol–water partition coefficient (Wildman–Crippen LogP) is 0.144. The maximum absolute atomic E-state index is 11.7. The van der Waals surface area contributed by atoms with Gasteiger partial charge in [-0.1, -0.05) is 12.1 Å². The summed E-state index contributed by atoms with van der Waals surface area (Å²) in [5.41, 5.74) is 0.911. The first kappa shape index (κ1) is 11.4. The average molecular weight is 234 g/mol. The lowest BCUT2D eigenvalue weighted by Crippen LogP contribution is -2.31. The van der Waals surface area contributed by atoms with Gasteiger partial charge in [-0.25, -0.2) is 0 Å². The molecule has 1 aliphatic heterocycles. The Bertz CT molecular complexity index is 428. The number of rotatable bonds is 3. The van der Waals surface area contributed by atoms with Crippen LogP contribution in [0.1, 0.15) is 12.0 Å². The summed E-state index contributed by atoms with van der Waals surface area (Å²) in [6.45, 7) is 0.823. The molecule has 2 amide bonds. The molecule has 1 aromatic carbocycles. The van der Waals surface area contributed by atoms with Crippen LogP contribution in [-0.4, -0.2) is 23.5 Å². The van der Waals surface area contributed by atoms with Crippen molar-refractivity contribution in [1.29, 1.82) is 0 Å². The molecule has 1 aromatic rings. The fourth-order valence-electron chi connectivity index (χ4n) is 1.74. The van der Waals surface area contributed by atoms with Crippen molar-refractivity contribution in [2.75, 3.05) is 6.54 Å². The van der Waals surface area contributed by atoms with E-state index in [0.29, 0.717) is 13.1 Å². The predicted molar refractivity (Wildman–Crippen MR) is 61.1 cm³/mol. The normalized spacial score (nSPS) is 18.8. The smallest absolute Gasteiger partial charge is 0.225 e. The van der Waals surface area contributed by atoms with Gasteiger partial charge >= 0.3 is 0 Å². The van der Waals surface area contributed by atoms with Gasteiger partial charge in [-0.05, 0) is 17.7 Å². The summed E-state index contributed by atoms with van der Waals surface area (Å²) in [4.78, 5) is 22.6. The molecular formula is C12H14N2O3. The van der Waals surface area contributed by atoms with E-state index in [1.807, 2.05) is 0 Å². The molecule has 0 spiro atoms. The molecule has 1 heterocycles. The number of carbonyl (C=O) groups excluding carboxylic acids is 2. The number of nitrogens with one attached hydrogen (secondary N) is 2. The number of benzene rings is 1. The van der Waals surface area contributed by atoms with Crippen LogP contribution in [-0.2, 0) is 16.1 Å². The summed E-state index contributed by atoms with van der Waals surface area (Å²) in [5.74, 6) is -0.253. The van der Waals surface area contributed by atoms with Crippen molar-refractivity contribution in [3.8, 4) is 5.75 Å². The van der Waals surface area contributed by atoms with Gasteiger partial charge in [-0.15, -0.1) is 0 Å². The summed E-state index contributed by atoms with van der Waals surface area (Å²) in [7, 11) is 0. The van der Waals surface area contributed by atoms with Gasteiger partial charge in [0.05, 0.1) is 5.92 Å². The van der Waals surface area contributed by atoms with Crippen LogP contribution >= 0.6 is 0 Å². The second-order valence-electron chi connectivity index (χ2n) is 4.09. The number of aromatic hydroxyl groups is 1. The lowest BCUT2D eigenvalue weighted by molar-refractivity contribution is -0.126. The summed E-state index contributed by atoms with van der Waals surface area (Å²) in [5, 5.41) is 14.5. The third-order valence-electron chi connectivity index (χ3n) is 2.75. The molecule has 1 unspecified atom stereocenters. The first-order valence-corrected chi connectivity index (χ1v) is 5.47. The van der Waals surface area contributed by atoms with Crippen molar-refractivity contribution < 1.29 is 14.7 Å². The lowest BCUT2D eigenvalue weighted by atomic mass is 10.1. The molecule has 1 saturated heterocycles. The van der Waals surface area contributed by atoms with Crippen LogP contribution in [0.4, 0.5) is 0 Å². The van der Waals surface area contributed by atoms with Gasteiger partial charge in [0.2, 0.25) is 11.8 Å². The summed E-state index contributed by atoms with van der Waals surface area (Å²) in [6, 6.07) is 6.63. The molecule has 0 aliphatic carbocycles. The van der Waals surface area contributed by atoms with Crippen molar-refractivity contribution >= 4 is 11.8 Å². The Morgan fingerprint density at radius 3 is 2.71 bits per heavy atom. The number of hydrogen-bond acceptors (Lipinski definition) is 3. The highest BCUT2D eigenvalue weighted by molar-refractivity contribution is 5.89. The Hall–Kier alpha value is -2.04. The molecule has 1 aliphatic rings. The van der Waals surface area contributed by atoms with Gasteiger partial charge in [0, 0.05) is 19.5 Å². The zero-order valence-corrected chi connectivity index (χ0v) is 9.27. The van der Waals surface area contributed by atoms with Crippen molar-refractivity contribution in [1.82, 2.24) is 10.6 Å². The van der Waals surface area contributed by atoms with Crippen LogP contribution < -0.4 is 10.6 Å². The molecule has 1 atom stereocenters. The topological polar surface area (TPSA) is 78.4 Å². The van der Waals surface area contributed by atoms with Crippen molar-refractivity contribution in [2.24, 2.45) is 5.92 Å². The minimum atomic E-state index is -0.264. The zero-order chi connectivity index (χ0) is 12.3. The molecule has 0 radical (unpaired) electrons. The van der Waals surface area contributed by atoms with E-state index in [1.165, 1.54) is 0 Å². The molecular weight excluding hydrogens is 220 g/mol. The molecule has 0 aromatic heterocycles. The highest BCUT2D eigenvalue weighted by atomic mass is 16.3. The average Bonchev–Trinajstić information content (AvgIpc) is 2.75. The summed E-state index contributed by atoms with van der Waals surface area (Å²) in [6.07, 6.45) is 0.265. The van der Waals surface area contributed by atoms with Crippen LogP contribution in [0.15, 0.2) is 24.3 Å². The SMILES string of the molecule is O=C1CC(C(=O)NCc2ccc(O)cc2)CN1. The molecule has 0 bridgehead atoms. The maximum Gasteiger partial charge on any atom is 0.225 e. The highest BCUT2D eigenvalue weighted by Gasteiger charge is 2.27. The maximum atomic E-state index is 11.7. The van der Waals surface area contributed by atoms with Crippen LogP contribution in [0.2, 0.25) is 0 Å². The third kappa shape index (κ3) is 2.96. The molecule has 17 heavy (non-hydrogen) atoms. The van der Waals surface area contributed by atoms with Crippen LogP contribution in [0.25, 0.3) is 0 Å². The molecule has 3 N–H and O–H groups in total. The van der Waals surface area contributed by atoms with Crippen LogP contribution in [0.3, 0.4) is 0 Å². The van der Waals surface area contributed by atoms with Gasteiger partial charge in [0.1, 0.15) is 5.75 Å². The van der Waals surface area contributed by atoms with Gasteiger partial charge in [-0.2, -0.15) is 0 Å². The highest BCUT2D eigenvalue weighted by Crippen LogP contribution is 2.11. The number of carbonyl (C=O) groups is 2. The van der Waals surface area contributed by atoms with E-state index in [2.05, 4.69) is 10.6 Å². The summed E-state index contributed by atoms with van der Waals surface area (Å²) >= 11 is 0. The monoisotopic (exact) mass is 234 g/mol. The van der Waals surface area contributed by atoms with E-state index >= 15 is 0 Å². The number of phenolic OH excluding ortho intramolecular Hbond substituents is 1. The Labute approximate surface area is 98.8 Å². The second-order valence-corrected chi connectivity index (χ2v) is 4.09. The van der Waals surface area contributed by atoms with Gasteiger partial charge < -0.3 is 15.7 Å². The van der Waals surface area contributed by atoms with Crippen molar-refractivity contribution in [2.45, 2.75) is 13.0 Å². The lowest BCUT2D eigenvalue weighted by Gasteiger charge is -2.09. The Balaban J connectivity index is 1.84. The van der Waals surface area contributed by atoms with Gasteiger partial charge in [-0.3, -0.25) is 9.59 Å².